The molecule has 222 valence electrons. The number of benzene rings is 2. The van der Waals surface area contributed by atoms with Gasteiger partial charge >= 0.3 is 0 Å². The van der Waals surface area contributed by atoms with Gasteiger partial charge in [-0.1, -0.05) is 36.4 Å². The first-order valence-electron chi connectivity index (χ1n) is 13.3. The number of hydrogen-bond donors (Lipinski definition) is 1. The highest BCUT2D eigenvalue weighted by atomic mass is 32.2. The lowest BCUT2D eigenvalue weighted by molar-refractivity contribution is 0.0950. The van der Waals surface area contributed by atoms with E-state index in [1.165, 1.54) is 32.8 Å². The Bertz CT molecular complexity index is 1790. The van der Waals surface area contributed by atoms with Crippen molar-refractivity contribution in [1.82, 2.24) is 29.7 Å². The predicted octanol–water partition coefficient (Wildman–Crippen LogP) is 4.63. The molecule has 0 radical (unpaired) electrons. The quantitative estimate of drug-likeness (QED) is 0.228. The van der Waals surface area contributed by atoms with Crippen molar-refractivity contribution in [3.8, 4) is 39.7 Å². The number of para-hydroxylation sites is 1. The highest BCUT2D eigenvalue weighted by molar-refractivity contribution is 7.93. The summed E-state index contributed by atoms with van der Waals surface area (Å²) in [7, 11) is 0.273. The third-order valence-electron chi connectivity index (χ3n) is 6.86. The second-order valence-corrected chi connectivity index (χ2v) is 11.7. The monoisotopic (exact) mass is 601 g/mol. The topological polar surface area (TPSA) is 143 Å². The van der Waals surface area contributed by atoms with Crippen molar-refractivity contribution in [1.29, 1.82) is 0 Å². The molecule has 0 fully saturated rings. The molecule has 0 aliphatic rings. The van der Waals surface area contributed by atoms with Crippen molar-refractivity contribution < 1.29 is 22.6 Å². The van der Waals surface area contributed by atoms with Crippen LogP contribution in [0.1, 0.15) is 24.4 Å². The van der Waals surface area contributed by atoms with Gasteiger partial charge in [0.05, 0.1) is 14.2 Å². The number of aryl methyl sites for hydroxylation is 1. The number of hydrogen-bond acceptors (Lipinski definition) is 10. The van der Waals surface area contributed by atoms with Gasteiger partial charge in [-0.05, 0) is 43.2 Å². The highest BCUT2D eigenvalue weighted by Gasteiger charge is 2.35. The van der Waals surface area contributed by atoms with E-state index in [2.05, 4.69) is 29.9 Å². The number of pyridine rings is 1. The Balaban J connectivity index is 1.54. The highest BCUT2D eigenvalue weighted by Crippen LogP contribution is 2.38. The summed E-state index contributed by atoms with van der Waals surface area (Å²) in [5, 5.41) is 7.44. The normalized spacial score (nSPS) is 12.9. The van der Waals surface area contributed by atoms with Gasteiger partial charge in [-0.25, -0.2) is 18.4 Å². The summed E-state index contributed by atoms with van der Waals surface area (Å²) < 4.78 is 48.7. The molecule has 0 spiro atoms. The maximum atomic E-state index is 13.9. The molecule has 2 aromatic carbocycles. The van der Waals surface area contributed by atoms with Crippen molar-refractivity contribution in [2.45, 2.75) is 25.2 Å². The third-order valence-corrected chi connectivity index (χ3v) is 8.55. The number of methoxy groups -OCH3 is 3. The SMILES string of the molecule is COc1cccc(OC)c1-n1c(NS(=O)(=O)[C@@H](C)[C@H](OC)c2ncc(-c3ccccc3)cn2)nnc1-c1cncc(C)c1. The Labute approximate surface area is 249 Å². The molecule has 5 rings (SSSR count). The van der Waals surface area contributed by atoms with Gasteiger partial charge in [-0.3, -0.25) is 14.3 Å². The number of sulfonamides is 1. The van der Waals surface area contributed by atoms with E-state index >= 15 is 0 Å². The summed E-state index contributed by atoms with van der Waals surface area (Å²) in [5.41, 5.74) is 3.64. The number of anilines is 1. The Kier molecular flexibility index (Phi) is 8.64. The Morgan fingerprint density at radius 2 is 1.49 bits per heavy atom. The summed E-state index contributed by atoms with van der Waals surface area (Å²) in [5.74, 6) is 1.29. The largest absolute Gasteiger partial charge is 0.494 e. The average Bonchev–Trinajstić information content (AvgIpc) is 3.43. The van der Waals surface area contributed by atoms with E-state index < -0.39 is 21.4 Å². The third kappa shape index (κ3) is 6.03. The smallest absolute Gasteiger partial charge is 0.243 e. The molecule has 0 amide bonds. The van der Waals surface area contributed by atoms with E-state index in [0.29, 0.717) is 28.6 Å². The predicted molar refractivity (Wildman–Crippen MR) is 162 cm³/mol. The van der Waals surface area contributed by atoms with Crippen LogP contribution in [0.2, 0.25) is 0 Å². The molecule has 0 saturated heterocycles. The summed E-state index contributed by atoms with van der Waals surface area (Å²) in [4.78, 5) is 13.1. The lowest BCUT2D eigenvalue weighted by Crippen LogP contribution is -2.33. The molecule has 0 unspecified atom stereocenters. The maximum Gasteiger partial charge on any atom is 0.243 e. The molecule has 0 saturated carbocycles. The summed E-state index contributed by atoms with van der Waals surface area (Å²) in [6, 6.07) is 16.7. The first-order chi connectivity index (χ1) is 20.8. The summed E-state index contributed by atoms with van der Waals surface area (Å²) in [6.07, 6.45) is 5.62. The molecule has 0 bridgehead atoms. The van der Waals surface area contributed by atoms with Gasteiger partial charge in [0, 0.05) is 43.0 Å². The number of nitrogens with zero attached hydrogens (tertiary/aromatic N) is 6. The second kappa shape index (κ2) is 12.5. The van der Waals surface area contributed by atoms with Crippen LogP contribution in [-0.4, -0.2) is 64.7 Å². The van der Waals surface area contributed by atoms with Crippen LogP contribution in [0.5, 0.6) is 11.5 Å². The van der Waals surface area contributed by atoms with Crippen molar-refractivity contribution in [2.24, 2.45) is 0 Å². The lowest BCUT2D eigenvalue weighted by Gasteiger charge is -2.23. The number of ether oxygens (including phenoxy) is 3. The van der Waals surface area contributed by atoms with Crippen molar-refractivity contribution >= 4 is 16.0 Å². The van der Waals surface area contributed by atoms with Crippen LogP contribution < -0.4 is 14.2 Å². The first kappa shape index (κ1) is 29.6. The van der Waals surface area contributed by atoms with Gasteiger partial charge in [-0.15, -0.1) is 10.2 Å². The van der Waals surface area contributed by atoms with Gasteiger partial charge in [0.1, 0.15) is 28.5 Å². The Hall–Kier alpha value is -4.88. The van der Waals surface area contributed by atoms with Gasteiger partial charge in [0.2, 0.25) is 16.0 Å². The van der Waals surface area contributed by atoms with Crippen LogP contribution in [0.3, 0.4) is 0 Å². The minimum absolute atomic E-state index is 0.0821. The fourth-order valence-corrected chi connectivity index (χ4v) is 5.76. The lowest BCUT2D eigenvalue weighted by atomic mass is 10.1. The first-order valence-corrected chi connectivity index (χ1v) is 14.8. The maximum absolute atomic E-state index is 13.9. The van der Waals surface area contributed by atoms with E-state index in [4.69, 9.17) is 14.2 Å². The zero-order valence-corrected chi connectivity index (χ0v) is 25.1. The standard InChI is InChI=1S/C30H31N7O5S/c1-19-14-22(16-31-15-19)29-34-35-30(37(29)26-24(40-3)12-9-13-25(26)41-4)36-43(38,39)20(2)27(42-5)28-32-17-23(18-33-28)21-10-7-6-8-11-21/h6-18,20,27H,1-5H3,(H,35,36)/t20-,27-/m0/s1. The van der Waals surface area contributed by atoms with E-state index in [9.17, 15) is 8.42 Å². The number of aromatic nitrogens is 6. The molecule has 2 atom stereocenters. The van der Waals surface area contributed by atoms with E-state index in [-0.39, 0.29) is 11.8 Å². The molecular formula is C30H31N7O5S. The Morgan fingerprint density at radius 1 is 0.814 bits per heavy atom. The van der Waals surface area contributed by atoms with Crippen LogP contribution in [0, 0.1) is 6.92 Å². The number of nitrogens with one attached hydrogen (secondary N) is 1. The summed E-state index contributed by atoms with van der Waals surface area (Å²) >= 11 is 0. The minimum atomic E-state index is -4.16. The van der Waals surface area contributed by atoms with E-state index in [1.54, 1.807) is 43.0 Å². The zero-order chi connectivity index (χ0) is 30.6. The fraction of sp³-hybridized carbons (Fsp3) is 0.233. The molecule has 0 aliphatic carbocycles. The van der Waals surface area contributed by atoms with Gasteiger partial charge in [0.25, 0.3) is 0 Å². The molecule has 13 heteroatoms. The van der Waals surface area contributed by atoms with Crippen LogP contribution in [-0.2, 0) is 14.8 Å². The molecule has 1 N–H and O–H groups in total. The van der Waals surface area contributed by atoms with Gasteiger partial charge < -0.3 is 14.2 Å². The van der Waals surface area contributed by atoms with Crippen LogP contribution in [0.15, 0.2) is 79.4 Å². The van der Waals surface area contributed by atoms with Crippen LogP contribution >= 0.6 is 0 Å². The fourth-order valence-electron chi connectivity index (χ4n) is 4.63. The molecule has 5 aromatic rings. The molecule has 3 heterocycles. The van der Waals surface area contributed by atoms with Gasteiger partial charge in [0.15, 0.2) is 11.6 Å². The van der Waals surface area contributed by atoms with Crippen LogP contribution in [0.25, 0.3) is 28.2 Å². The van der Waals surface area contributed by atoms with E-state index in [1.807, 2.05) is 43.3 Å². The van der Waals surface area contributed by atoms with Crippen molar-refractivity contribution in [3.05, 3.63) is 90.8 Å². The average molecular weight is 602 g/mol. The minimum Gasteiger partial charge on any atom is -0.494 e. The Morgan fingerprint density at radius 3 is 2.09 bits per heavy atom. The van der Waals surface area contributed by atoms with Crippen LogP contribution in [0.4, 0.5) is 5.95 Å². The molecular weight excluding hydrogens is 570 g/mol. The molecule has 0 aliphatic heterocycles. The zero-order valence-electron chi connectivity index (χ0n) is 24.3. The summed E-state index contributed by atoms with van der Waals surface area (Å²) in [6.45, 7) is 3.41. The van der Waals surface area contributed by atoms with Crippen molar-refractivity contribution in [3.63, 3.8) is 0 Å². The molecule has 12 nitrogen and oxygen atoms in total. The van der Waals surface area contributed by atoms with Crippen molar-refractivity contribution in [2.75, 3.05) is 26.1 Å². The second-order valence-electron chi connectivity index (χ2n) is 9.65. The van der Waals surface area contributed by atoms with Gasteiger partial charge in [-0.2, -0.15) is 0 Å². The molecule has 43 heavy (non-hydrogen) atoms. The van der Waals surface area contributed by atoms with E-state index in [0.717, 1.165) is 16.7 Å². The number of rotatable bonds is 11. The molecule has 3 aromatic heterocycles.